The Morgan fingerprint density at radius 3 is 2.59 bits per heavy atom. The zero-order valence-corrected chi connectivity index (χ0v) is 20.5. The van der Waals surface area contributed by atoms with E-state index in [4.69, 9.17) is 0 Å². The Balaban J connectivity index is 1.31. The Kier molecular flexibility index (Phi) is 5.99. The molecule has 2 N–H and O–H groups in total. The zero-order chi connectivity index (χ0) is 24.1. The van der Waals surface area contributed by atoms with E-state index in [0.29, 0.717) is 57.0 Å². The van der Waals surface area contributed by atoms with Gasteiger partial charge in [0.15, 0.2) is 0 Å². The molecule has 0 aromatic carbocycles. The molecule has 10 nitrogen and oxygen atoms in total. The van der Waals surface area contributed by atoms with Crippen LogP contribution in [-0.2, 0) is 10.0 Å². The number of anilines is 1. The van der Waals surface area contributed by atoms with Crippen LogP contribution >= 0.6 is 0 Å². The summed E-state index contributed by atoms with van der Waals surface area (Å²) >= 11 is 0. The van der Waals surface area contributed by atoms with Crippen molar-refractivity contribution >= 4 is 27.0 Å². The number of likely N-dealkylation sites (tertiary alicyclic amines) is 1. The van der Waals surface area contributed by atoms with Gasteiger partial charge >= 0.3 is 0 Å². The van der Waals surface area contributed by atoms with Gasteiger partial charge in [-0.05, 0) is 57.7 Å². The lowest BCUT2D eigenvalue weighted by Gasteiger charge is -2.33. The number of nitrogens with zero attached hydrogens (tertiary/aromatic N) is 5. The number of sulfonamides is 1. The molecular weight excluding hydrogens is 456 g/mol. The van der Waals surface area contributed by atoms with Crippen molar-refractivity contribution in [3.63, 3.8) is 0 Å². The molecule has 34 heavy (non-hydrogen) atoms. The molecule has 184 valence electrons. The summed E-state index contributed by atoms with van der Waals surface area (Å²) < 4.78 is 28.5. The summed E-state index contributed by atoms with van der Waals surface area (Å²) in [5, 5.41) is 16.3. The van der Waals surface area contributed by atoms with Gasteiger partial charge in [0.05, 0.1) is 11.6 Å². The van der Waals surface area contributed by atoms with Gasteiger partial charge in [-0.3, -0.25) is 14.3 Å². The van der Waals surface area contributed by atoms with Gasteiger partial charge in [-0.15, -0.1) is 0 Å². The van der Waals surface area contributed by atoms with Crippen LogP contribution in [0.25, 0.3) is 11.0 Å². The molecule has 4 heterocycles. The molecule has 1 aliphatic carbocycles. The minimum atomic E-state index is -3.40. The first-order valence-electron chi connectivity index (χ1n) is 11.9. The standard InChI is InChI=1S/C23H32N6O4S/c1-23(31)9-3-4-19(23)29-20(30)6-5-17-12-24-22(26-21(17)29)25-18-7-10-28(11-8-18)34(32,33)15-16-13-27(2)14-16/h5-6,12,15,18-19,31H,3-4,7-11,13-14H2,1-2H3,(H,24,25,26)/t19-,23-/m1/s1. The first-order valence-corrected chi connectivity index (χ1v) is 13.4. The van der Waals surface area contributed by atoms with Crippen molar-refractivity contribution in [2.45, 2.75) is 56.7 Å². The molecule has 2 aromatic heterocycles. The van der Waals surface area contributed by atoms with Crippen molar-refractivity contribution in [1.82, 2.24) is 23.7 Å². The highest BCUT2D eigenvalue weighted by Crippen LogP contribution is 2.39. The van der Waals surface area contributed by atoms with E-state index in [1.807, 2.05) is 7.05 Å². The van der Waals surface area contributed by atoms with Gasteiger partial charge in [-0.25, -0.2) is 13.4 Å². The maximum Gasteiger partial charge on any atom is 0.252 e. The molecule has 0 amide bonds. The third-order valence-corrected chi connectivity index (χ3v) is 8.98. The van der Waals surface area contributed by atoms with Gasteiger partial charge in [0.1, 0.15) is 5.65 Å². The fourth-order valence-electron chi connectivity index (χ4n) is 5.39. The monoisotopic (exact) mass is 488 g/mol. The predicted molar refractivity (Wildman–Crippen MR) is 130 cm³/mol. The van der Waals surface area contributed by atoms with E-state index in [0.717, 1.165) is 23.8 Å². The van der Waals surface area contributed by atoms with Crippen LogP contribution < -0.4 is 10.9 Å². The normalized spacial score (nSPS) is 27.1. The van der Waals surface area contributed by atoms with Crippen molar-refractivity contribution in [2.24, 2.45) is 0 Å². The Morgan fingerprint density at radius 1 is 1.21 bits per heavy atom. The SMILES string of the molecule is CN1CC(=CS(=O)(=O)N2CCC(Nc3ncc4ccc(=O)n([C@@H]5CCC[C@@]5(C)O)c4n3)CC2)C1. The number of hydrogen-bond acceptors (Lipinski definition) is 8. The third kappa shape index (κ3) is 4.49. The molecule has 0 bridgehead atoms. The summed E-state index contributed by atoms with van der Waals surface area (Å²) in [7, 11) is -1.44. The van der Waals surface area contributed by atoms with Gasteiger partial charge in [-0.2, -0.15) is 9.29 Å². The molecule has 2 aromatic rings. The quantitative estimate of drug-likeness (QED) is 0.646. The summed E-state index contributed by atoms with van der Waals surface area (Å²) in [6.07, 6.45) is 5.19. The molecule has 3 fully saturated rings. The summed E-state index contributed by atoms with van der Waals surface area (Å²) in [6.45, 7) is 4.05. The highest BCUT2D eigenvalue weighted by molar-refractivity contribution is 7.92. The van der Waals surface area contributed by atoms with E-state index in [9.17, 15) is 18.3 Å². The molecule has 0 spiro atoms. The Bertz CT molecular complexity index is 1270. The van der Waals surface area contributed by atoms with Crippen LogP contribution in [0, 0.1) is 0 Å². The van der Waals surface area contributed by atoms with Crippen molar-refractivity contribution < 1.29 is 13.5 Å². The molecule has 2 aliphatic heterocycles. The fraction of sp³-hybridized carbons (Fsp3) is 0.609. The number of rotatable bonds is 5. The van der Waals surface area contributed by atoms with Crippen molar-refractivity contribution in [3.05, 3.63) is 39.7 Å². The molecular formula is C23H32N6O4S. The van der Waals surface area contributed by atoms with E-state index >= 15 is 0 Å². The summed E-state index contributed by atoms with van der Waals surface area (Å²) in [6, 6.07) is 2.91. The second kappa shape index (κ2) is 8.71. The topological polar surface area (TPSA) is 121 Å². The average Bonchev–Trinajstić information content (AvgIpc) is 3.11. The third-order valence-electron chi connectivity index (χ3n) is 7.27. The Labute approximate surface area is 199 Å². The average molecular weight is 489 g/mol. The number of piperidine rings is 1. The number of nitrogens with one attached hydrogen (secondary N) is 1. The number of fused-ring (bicyclic) bond motifs is 1. The second-order valence-corrected chi connectivity index (χ2v) is 11.9. The maximum atomic E-state index is 12.8. The van der Waals surface area contributed by atoms with E-state index in [1.54, 1.807) is 23.8 Å². The second-order valence-electron chi connectivity index (χ2n) is 10.1. The van der Waals surface area contributed by atoms with Gasteiger partial charge in [0.2, 0.25) is 16.0 Å². The van der Waals surface area contributed by atoms with Crippen molar-refractivity contribution in [2.75, 3.05) is 38.5 Å². The fourth-order valence-corrected chi connectivity index (χ4v) is 6.83. The van der Waals surface area contributed by atoms with Gasteiger partial charge in [0, 0.05) is 55.3 Å². The number of pyridine rings is 1. The smallest absolute Gasteiger partial charge is 0.252 e. The number of aromatic nitrogens is 3. The molecule has 11 heteroatoms. The first-order chi connectivity index (χ1) is 16.1. The highest BCUT2D eigenvalue weighted by Gasteiger charge is 2.39. The molecule has 1 saturated carbocycles. The van der Waals surface area contributed by atoms with Crippen LogP contribution in [-0.4, -0.2) is 82.1 Å². The zero-order valence-electron chi connectivity index (χ0n) is 19.6. The lowest BCUT2D eigenvalue weighted by molar-refractivity contribution is 0.0267. The molecule has 2 atom stereocenters. The Hall–Kier alpha value is -2.34. The predicted octanol–water partition coefficient (Wildman–Crippen LogP) is 1.30. The van der Waals surface area contributed by atoms with Crippen molar-refractivity contribution in [1.29, 1.82) is 0 Å². The first kappa shape index (κ1) is 23.4. The van der Waals surface area contributed by atoms with Crippen molar-refractivity contribution in [3.8, 4) is 0 Å². The van der Waals surface area contributed by atoms with Crippen LogP contribution in [0.3, 0.4) is 0 Å². The molecule has 3 aliphatic rings. The maximum absolute atomic E-state index is 12.8. The number of aliphatic hydroxyl groups is 1. The highest BCUT2D eigenvalue weighted by atomic mass is 32.2. The Morgan fingerprint density at radius 2 is 1.94 bits per heavy atom. The van der Waals surface area contributed by atoms with Gasteiger partial charge in [-0.1, -0.05) is 0 Å². The molecule has 5 rings (SSSR count). The summed E-state index contributed by atoms with van der Waals surface area (Å²) in [5.74, 6) is 0.408. The van der Waals surface area contributed by atoms with Crippen LogP contribution in [0.4, 0.5) is 5.95 Å². The van der Waals surface area contributed by atoms with E-state index in [1.165, 1.54) is 15.8 Å². The molecule has 0 unspecified atom stereocenters. The van der Waals surface area contributed by atoms with Crippen LogP contribution in [0.2, 0.25) is 0 Å². The minimum absolute atomic E-state index is 0.0323. The summed E-state index contributed by atoms with van der Waals surface area (Å²) in [4.78, 5) is 23.9. The number of hydrogen-bond donors (Lipinski definition) is 2. The summed E-state index contributed by atoms with van der Waals surface area (Å²) in [5.41, 5.74) is 0.308. The van der Waals surface area contributed by atoms with E-state index < -0.39 is 15.6 Å². The van der Waals surface area contributed by atoms with E-state index in [-0.39, 0.29) is 17.6 Å². The van der Waals surface area contributed by atoms with Crippen LogP contribution in [0.1, 0.15) is 45.1 Å². The van der Waals surface area contributed by atoms with E-state index in [2.05, 4.69) is 20.2 Å². The van der Waals surface area contributed by atoms with Gasteiger partial charge in [0.25, 0.3) is 5.56 Å². The lowest BCUT2D eigenvalue weighted by atomic mass is 10.00. The lowest BCUT2D eigenvalue weighted by Crippen LogP contribution is -2.43. The minimum Gasteiger partial charge on any atom is -0.388 e. The van der Waals surface area contributed by atoms with Crippen LogP contribution in [0.15, 0.2) is 34.1 Å². The van der Waals surface area contributed by atoms with Gasteiger partial charge < -0.3 is 10.4 Å². The molecule has 2 saturated heterocycles. The molecule has 0 radical (unpaired) electrons. The number of likely N-dealkylation sites (N-methyl/N-ethyl adjacent to an activating group) is 1. The largest absolute Gasteiger partial charge is 0.388 e. The van der Waals surface area contributed by atoms with Crippen LogP contribution in [0.5, 0.6) is 0 Å².